The van der Waals surface area contributed by atoms with E-state index in [2.05, 4.69) is 18.7 Å². The van der Waals surface area contributed by atoms with Gasteiger partial charge in [-0.25, -0.2) is 8.78 Å². The normalized spacial score (nSPS) is 23.8. The fraction of sp³-hybridized carbons (Fsp3) is 0.533. The van der Waals surface area contributed by atoms with Crippen molar-refractivity contribution in [2.45, 2.75) is 45.2 Å². The van der Waals surface area contributed by atoms with Crippen molar-refractivity contribution in [1.82, 2.24) is 4.90 Å². The Morgan fingerprint density at radius 1 is 1.37 bits per heavy atom. The van der Waals surface area contributed by atoms with Gasteiger partial charge < -0.3 is 0 Å². The summed E-state index contributed by atoms with van der Waals surface area (Å²) in [6.45, 7) is 4.39. The van der Waals surface area contributed by atoms with Gasteiger partial charge in [0.1, 0.15) is 11.6 Å². The molecule has 104 valence electrons. The first-order valence-electron chi connectivity index (χ1n) is 6.77. The molecule has 4 heteroatoms. The first kappa shape index (κ1) is 14.1. The van der Waals surface area contributed by atoms with E-state index in [1.807, 2.05) is 0 Å². The van der Waals surface area contributed by atoms with Gasteiger partial charge >= 0.3 is 0 Å². The molecule has 0 amide bonds. The van der Waals surface area contributed by atoms with Gasteiger partial charge in [-0.3, -0.25) is 9.69 Å². The van der Waals surface area contributed by atoms with Gasteiger partial charge in [0.25, 0.3) is 0 Å². The van der Waals surface area contributed by atoms with Crippen molar-refractivity contribution < 1.29 is 13.6 Å². The van der Waals surface area contributed by atoms with E-state index in [-0.39, 0.29) is 17.9 Å². The van der Waals surface area contributed by atoms with E-state index in [4.69, 9.17) is 0 Å². The standard InChI is InChI=1S/C15H19F2NO/c1-3-12-6-4-10(2)18(12)9-15(19)13-7-5-11(16)8-14(13)17/h5,7-8,10,12H,3-4,6,9H2,1-2H3. The Bertz CT molecular complexity index is 475. The predicted molar refractivity (Wildman–Crippen MR) is 70.2 cm³/mol. The molecule has 1 aromatic carbocycles. The Morgan fingerprint density at radius 2 is 2.11 bits per heavy atom. The van der Waals surface area contributed by atoms with Crippen LogP contribution in [0.4, 0.5) is 8.78 Å². The number of benzene rings is 1. The van der Waals surface area contributed by atoms with E-state index in [9.17, 15) is 13.6 Å². The highest BCUT2D eigenvalue weighted by Gasteiger charge is 2.31. The molecule has 1 aromatic rings. The Balaban J connectivity index is 2.12. The van der Waals surface area contributed by atoms with E-state index in [0.717, 1.165) is 31.4 Å². The number of likely N-dealkylation sites (tertiary alicyclic amines) is 1. The predicted octanol–water partition coefficient (Wildman–Crippen LogP) is 3.41. The molecule has 0 aromatic heterocycles. The summed E-state index contributed by atoms with van der Waals surface area (Å²) < 4.78 is 26.4. The minimum atomic E-state index is -0.773. The van der Waals surface area contributed by atoms with Gasteiger partial charge in [-0.1, -0.05) is 6.92 Å². The number of carbonyl (C=O) groups excluding carboxylic acids is 1. The van der Waals surface area contributed by atoms with Crippen LogP contribution in [0.25, 0.3) is 0 Å². The second-order valence-corrected chi connectivity index (χ2v) is 5.21. The third-order valence-electron chi connectivity index (χ3n) is 3.98. The maximum Gasteiger partial charge on any atom is 0.179 e. The van der Waals surface area contributed by atoms with Gasteiger partial charge in [-0.2, -0.15) is 0 Å². The Hall–Kier alpha value is -1.29. The van der Waals surface area contributed by atoms with Crippen LogP contribution in [0.2, 0.25) is 0 Å². The fourth-order valence-electron chi connectivity index (χ4n) is 2.82. The second-order valence-electron chi connectivity index (χ2n) is 5.21. The van der Waals surface area contributed by atoms with Crippen molar-refractivity contribution in [2.24, 2.45) is 0 Å². The number of hydrogen-bond donors (Lipinski definition) is 0. The highest BCUT2D eigenvalue weighted by atomic mass is 19.1. The number of Topliss-reactive ketones (excluding diaryl/α,β-unsaturated/α-hetero) is 1. The zero-order chi connectivity index (χ0) is 14.0. The molecule has 2 atom stereocenters. The first-order valence-corrected chi connectivity index (χ1v) is 6.77. The minimum Gasteiger partial charge on any atom is -0.293 e. The van der Waals surface area contributed by atoms with Crippen LogP contribution >= 0.6 is 0 Å². The number of carbonyl (C=O) groups is 1. The lowest BCUT2D eigenvalue weighted by atomic mass is 10.1. The molecule has 0 radical (unpaired) electrons. The maximum atomic E-state index is 13.6. The third-order valence-corrected chi connectivity index (χ3v) is 3.98. The van der Waals surface area contributed by atoms with E-state index < -0.39 is 11.6 Å². The number of nitrogens with zero attached hydrogens (tertiary/aromatic N) is 1. The Kier molecular flexibility index (Phi) is 4.30. The molecule has 0 saturated carbocycles. The molecule has 1 aliphatic rings. The lowest BCUT2D eigenvalue weighted by Gasteiger charge is -2.26. The van der Waals surface area contributed by atoms with Gasteiger partial charge in [0.05, 0.1) is 12.1 Å². The number of hydrogen-bond acceptors (Lipinski definition) is 2. The molecule has 1 fully saturated rings. The summed E-state index contributed by atoms with van der Waals surface area (Å²) in [5.41, 5.74) is -0.0182. The van der Waals surface area contributed by atoms with Crippen LogP contribution in [0.3, 0.4) is 0 Å². The van der Waals surface area contributed by atoms with Gasteiger partial charge in [0, 0.05) is 18.2 Å². The van der Waals surface area contributed by atoms with E-state index in [1.165, 1.54) is 6.07 Å². The van der Waals surface area contributed by atoms with Gasteiger partial charge in [0.2, 0.25) is 0 Å². The molecule has 19 heavy (non-hydrogen) atoms. The highest BCUT2D eigenvalue weighted by molar-refractivity contribution is 5.97. The van der Waals surface area contributed by atoms with Crippen molar-refractivity contribution in [3.8, 4) is 0 Å². The van der Waals surface area contributed by atoms with Crippen molar-refractivity contribution in [3.63, 3.8) is 0 Å². The molecule has 2 nitrogen and oxygen atoms in total. The molecule has 0 N–H and O–H groups in total. The summed E-state index contributed by atoms with van der Waals surface area (Å²) in [6.07, 6.45) is 3.14. The summed E-state index contributed by atoms with van der Waals surface area (Å²) in [4.78, 5) is 14.3. The zero-order valence-corrected chi connectivity index (χ0v) is 11.3. The molecule has 0 bridgehead atoms. The second kappa shape index (κ2) is 5.78. The number of rotatable bonds is 4. The highest BCUT2D eigenvalue weighted by Crippen LogP contribution is 2.26. The molecule has 2 rings (SSSR count). The summed E-state index contributed by atoms with van der Waals surface area (Å²) >= 11 is 0. The maximum absolute atomic E-state index is 13.6. The van der Waals surface area contributed by atoms with Crippen molar-refractivity contribution in [3.05, 3.63) is 35.4 Å². The van der Waals surface area contributed by atoms with Gasteiger partial charge in [-0.15, -0.1) is 0 Å². The average molecular weight is 267 g/mol. The number of halogens is 2. The molecular weight excluding hydrogens is 248 g/mol. The van der Waals surface area contributed by atoms with E-state index in [0.29, 0.717) is 12.1 Å². The SMILES string of the molecule is CCC1CCC(C)N1CC(=O)c1ccc(F)cc1F. The van der Waals surface area contributed by atoms with Crippen molar-refractivity contribution in [2.75, 3.05) is 6.54 Å². The molecule has 1 saturated heterocycles. The van der Waals surface area contributed by atoms with Crippen LogP contribution < -0.4 is 0 Å². The zero-order valence-electron chi connectivity index (χ0n) is 11.3. The molecule has 2 unspecified atom stereocenters. The van der Waals surface area contributed by atoms with Crippen LogP contribution in [0.15, 0.2) is 18.2 Å². The fourth-order valence-corrected chi connectivity index (χ4v) is 2.82. The molecule has 1 aliphatic heterocycles. The summed E-state index contributed by atoms with van der Waals surface area (Å²) in [5, 5.41) is 0. The van der Waals surface area contributed by atoms with Crippen molar-refractivity contribution >= 4 is 5.78 Å². The summed E-state index contributed by atoms with van der Waals surface area (Å²) in [6, 6.07) is 3.85. The first-order chi connectivity index (χ1) is 9.02. The van der Waals surface area contributed by atoms with Crippen molar-refractivity contribution in [1.29, 1.82) is 0 Å². The molecule has 1 heterocycles. The third kappa shape index (κ3) is 3.00. The number of ketones is 1. The quantitative estimate of drug-likeness (QED) is 0.779. The Labute approximate surface area is 112 Å². The van der Waals surface area contributed by atoms with Gasteiger partial charge in [-0.05, 0) is 38.3 Å². The Morgan fingerprint density at radius 3 is 2.74 bits per heavy atom. The van der Waals surface area contributed by atoms with Crippen LogP contribution in [0.1, 0.15) is 43.5 Å². The molecular formula is C15H19F2NO. The topological polar surface area (TPSA) is 20.3 Å². The lowest BCUT2D eigenvalue weighted by molar-refractivity contribution is 0.0885. The molecule has 0 spiro atoms. The van der Waals surface area contributed by atoms with Crippen LogP contribution in [-0.2, 0) is 0 Å². The van der Waals surface area contributed by atoms with E-state index in [1.54, 1.807) is 0 Å². The summed E-state index contributed by atoms with van der Waals surface area (Å²) in [5.74, 6) is -1.70. The largest absolute Gasteiger partial charge is 0.293 e. The smallest absolute Gasteiger partial charge is 0.179 e. The monoisotopic (exact) mass is 267 g/mol. The van der Waals surface area contributed by atoms with Gasteiger partial charge in [0.15, 0.2) is 5.78 Å². The lowest BCUT2D eigenvalue weighted by Crippen LogP contribution is -2.38. The average Bonchev–Trinajstić information content (AvgIpc) is 2.70. The minimum absolute atomic E-state index is 0.0182. The van der Waals surface area contributed by atoms with Crippen LogP contribution in [0.5, 0.6) is 0 Å². The summed E-state index contributed by atoms with van der Waals surface area (Å²) in [7, 11) is 0. The van der Waals surface area contributed by atoms with Crippen LogP contribution in [-0.4, -0.2) is 29.3 Å². The molecule has 0 aliphatic carbocycles. The van der Waals surface area contributed by atoms with Crippen LogP contribution in [0, 0.1) is 11.6 Å². The van der Waals surface area contributed by atoms with E-state index >= 15 is 0 Å².